The van der Waals surface area contributed by atoms with Gasteiger partial charge in [-0.25, -0.2) is 4.39 Å². The summed E-state index contributed by atoms with van der Waals surface area (Å²) >= 11 is 0. The fourth-order valence-electron chi connectivity index (χ4n) is 4.34. The van der Waals surface area contributed by atoms with Crippen LogP contribution in [0, 0.1) is 11.7 Å². The van der Waals surface area contributed by atoms with Crippen LogP contribution in [0.25, 0.3) is 11.1 Å². The zero-order valence-corrected chi connectivity index (χ0v) is 16.0. The van der Waals surface area contributed by atoms with Crippen LogP contribution in [0.1, 0.15) is 81.9 Å². The van der Waals surface area contributed by atoms with Crippen LogP contribution in [-0.4, -0.2) is 5.11 Å². The van der Waals surface area contributed by atoms with Crippen LogP contribution in [0.2, 0.25) is 0 Å². The number of benzene rings is 2. The molecule has 1 atom stereocenters. The molecule has 140 valence electrons. The third-order valence-electron chi connectivity index (χ3n) is 6.00. The molecule has 2 heteroatoms. The predicted octanol–water partition coefficient (Wildman–Crippen LogP) is 7.01. The first-order valence-electron chi connectivity index (χ1n) is 10.2. The Kier molecular flexibility index (Phi) is 6.48. The summed E-state index contributed by atoms with van der Waals surface area (Å²) in [5, 5.41) is 9.88. The van der Waals surface area contributed by atoms with Gasteiger partial charge in [0.05, 0.1) is 6.10 Å². The van der Waals surface area contributed by atoms with E-state index in [2.05, 4.69) is 19.1 Å². The Labute approximate surface area is 157 Å². The molecule has 1 fully saturated rings. The number of hydrogen-bond acceptors (Lipinski definition) is 1. The first kappa shape index (κ1) is 19.1. The minimum Gasteiger partial charge on any atom is -0.388 e. The topological polar surface area (TPSA) is 20.2 Å². The van der Waals surface area contributed by atoms with Crippen molar-refractivity contribution in [1.29, 1.82) is 0 Å². The summed E-state index contributed by atoms with van der Waals surface area (Å²) in [7, 11) is 0. The molecule has 0 aliphatic heterocycles. The molecule has 26 heavy (non-hydrogen) atoms. The summed E-state index contributed by atoms with van der Waals surface area (Å²) in [5.74, 6) is 1.31. The van der Waals surface area contributed by atoms with Crippen LogP contribution in [0.5, 0.6) is 0 Å². The monoisotopic (exact) mass is 354 g/mol. The number of hydrogen-bond donors (Lipinski definition) is 1. The van der Waals surface area contributed by atoms with Crippen molar-refractivity contribution in [3.8, 4) is 11.1 Å². The summed E-state index contributed by atoms with van der Waals surface area (Å²) < 4.78 is 14.5. The Hall–Kier alpha value is -1.67. The summed E-state index contributed by atoms with van der Waals surface area (Å²) in [6.45, 7) is 4.17. The van der Waals surface area contributed by atoms with E-state index >= 15 is 0 Å². The molecule has 2 aromatic carbocycles. The maximum absolute atomic E-state index is 14.5. The Morgan fingerprint density at radius 2 is 1.69 bits per heavy atom. The van der Waals surface area contributed by atoms with E-state index in [0.717, 1.165) is 11.5 Å². The lowest BCUT2D eigenvalue weighted by molar-refractivity contribution is 0.173. The largest absolute Gasteiger partial charge is 0.388 e. The molecule has 1 saturated carbocycles. The Balaban J connectivity index is 1.70. The average Bonchev–Trinajstić information content (AvgIpc) is 2.68. The Morgan fingerprint density at radius 1 is 1.00 bits per heavy atom. The maximum Gasteiger partial charge on any atom is 0.131 e. The van der Waals surface area contributed by atoms with Gasteiger partial charge >= 0.3 is 0 Å². The predicted molar refractivity (Wildman–Crippen MR) is 107 cm³/mol. The normalized spacial score (nSPS) is 21.5. The van der Waals surface area contributed by atoms with Gasteiger partial charge in [0.1, 0.15) is 5.82 Å². The van der Waals surface area contributed by atoms with E-state index in [0.29, 0.717) is 23.5 Å². The molecule has 0 spiro atoms. The lowest BCUT2D eigenvalue weighted by Gasteiger charge is -2.28. The number of rotatable bonds is 6. The molecular weight excluding hydrogens is 323 g/mol. The van der Waals surface area contributed by atoms with Crippen molar-refractivity contribution in [1.82, 2.24) is 0 Å². The quantitative estimate of drug-likeness (QED) is 0.591. The fraction of sp³-hybridized carbons (Fsp3) is 0.500. The van der Waals surface area contributed by atoms with Crippen molar-refractivity contribution in [3.63, 3.8) is 0 Å². The molecule has 0 bridgehead atoms. The molecule has 0 heterocycles. The van der Waals surface area contributed by atoms with E-state index in [1.807, 2.05) is 25.1 Å². The second-order valence-corrected chi connectivity index (χ2v) is 7.79. The van der Waals surface area contributed by atoms with Crippen molar-refractivity contribution in [2.45, 2.75) is 70.8 Å². The van der Waals surface area contributed by atoms with Gasteiger partial charge < -0.3 is 5.11 Å². The van der Waals surface area contributed by atoms with Crippen molar-refractivity contribution < 1.29 is 9.50 Å². The number of aliphatic hydroxyl groups is 1. The highest BCUT2D eigenvalue weighted by molar-refractivity contribution is 5.65. The highest BCUT2D eigenvalue weighted by atomic mass is 19.1. The second-order valence-electron chi connectivity index (χ2n) is 7.79. The van der Waals surface area contributed by atoms with Gasteiger partial charge in [-0.15, -0.1) is 0 Å². The van der Waals surface area contributed by atoms with Gasteiger partial charge in [0.2, 0.25) is 0 Å². The first-order chi connectivity index (χ1) is 12.6. The smallest absolute Gasteiger partial charge is 0.131 e. The third kappa shape index (κ3) is 4.35. The van der Waals surface area contributed by atoms with Gasteiger partial charge in [-0.1, -0.05) is 63.1 Å². The highest BCUT2D eigenvalue weighted by Gasteiger charge is 2.21. The van der Waals surface area contributed by atoms with Gasteiger partial charge in [-0.3, -0.25) is 0 Å². The molecule has 0 aromatic heterocycles. The maximum atomic E-state index is 14.5. The molecular formula is C24H31FO. The van der Waals surface area contributed by atoms with Crippen LogP contribution in [-0.2, 0) is 0 Å². The van der Waals surface area contributed by atoms with Gasteiger partial charge in [0, 0.05) is 5.56 Å². The van der Waals surface area contributed by atoms with E-state index in [1.54, 1.807) is 6.07 Å². The SMILES string of the molecule is CCCC1CCC(c2ccc(-c3ccc(C(O)CC)cc3F)cc2)CC1. The van der Waals surface area contributed by atoms with Crippen molar-refractivity contribution >= 4 is 0 Å². The number of aliphatic hydroxyl groups excluding tert-OH is 1. The standard InChI is InChI=1S/C24H31FO/c1-3-5-17-6-8-18(9-7-17)19-10-12-20(13-11-19)22-15-14-21(16-23(22)25)24(26)4-2/h10-18,24,26H,3-9H2,1-2H3. The second kappa shape index (κ2) is 8.81. The molecule has 0 amide bonds. The van der Waals surface area contributed by atoms with E-state index in [4.69, 9.17) is 0 Å². The molecule has 1 aliphatic carbocycles. The summed E-state index contributed by atoms with van der Waals surface area (Å²) in [6.07, 6.45) is 7.91. The fourth-order valence-corrected chi connectivity index (χ4v) is 4.34. The van der Waals surface area contributed by atoms with Crippen LogP contribution in [0.3, 0.4) is 0 Å². The molecule has 3 rings (SSSR count). The average molecular weight is 355 g/mol. The van der Waals surface area contributed by atoms with Crippen molar-refractivity contribution in [2.24, 2.45) is 5.92 Å². The summed E-state index contributed by atoms with van der Waals surface area (Å²) in [5.41, 5.74) is 3.55. The minimum absolute atomic E-state index is 0.261. The minimum atomic E-state index is -0.594. The molecule has 1 unspecified atom stereocenters. The van der Waals surface area contributed by atoms with E-state index in [1.165, 1.54) is 50.2 Å². The van der Waals surface area contributed by atoms with Gasteiger partial charge in [-0.2, -0.15) is 0 Å². The number of halogens is 1. The Morgan fingerprint density at radius 3 is 2.27 bits per heavy atom. The summed E-state index contributed by atoms with van der Waals surface area (Å²) in [6, 6.07) is 13.5. The lowest BCUT2D eigenvalue weighted by atomic mass is 9.77. The van der Waals surface area contributed by atoms with E-state index in [9.17, 15) is 9.50 Å². The molecule has 1 nitrogen and oxygen atoms in total. The lowest BCUT2D eigenvalue weighted by Crippen LogP contribution is -2.13. The molecule has 2 aromatic rings. The molecule has 0 radical (unpaired) electrons. The van der Waals surface area contributed by atoms with Crippen molar-refractivity contribution in [2.75, 3.05) is 0 Å². The Bertz CT molecular complexity index is 699. The van der Waals surface area contributed by atoms with Crippen LogP contribution >= 0.6 is 0 Å². The molecule has 1 aliphatic rings. The van der Waals surface area contributed by atoms with E-state index in [-0.39, 0.29) is 5.82 Å². The van der Waals surface area contributed by atoms with Crippen LogP contribution < -0.4 is 0 Å². The van der Waals surface area contributed by atoms with Gasteiger partial charge in [0.25, 0.3) is 0 Å². The zero-order chi connectivity index (χ0) is 18.5. The van der Waals surface area contributed by atoms with E-state index < -0.39 is 6.10 Å². The first-order valence-corrected chi connectivity index (χ1v) is 10.2. The molecule has 0 saturated heterocycles. The zero-order valence-electron chi connectivity index (χ0n) is 16.0. The summed E-state index contributed by atoms with van der Waals surface area (Å²) in [4.78, 5) is 0. The van der Waals surface area contributed by atoms with Gasteiger partial charge in [0.15, 0.2) is 0 Å². The molecule has 1 N–H and O–H groups in total. The van der Waals surface area contributed by atoms with Crippen LogP contribution in [0.15, 0.2) is 42.5 Å². The van der Waals surface area contributed by atoms with Crippen molar-refractivity contribution in [3.05, 3.63) is 59.4 Å². The highest BCUT2D eigenvalue weighted by Crippen LogP contribution is 2.38. The third-order valence-corrected chi connectivity index (χ3v) is 6.00. The van der Waals surface area contributed by atoms with Crippen LogP contribution in [0.4, 0.5) is 4.39 Å². The van der Waals surface area contributed by atoms with Gasteiger partial charge in [-0.05, 0) is 66.7 Å².